The molecule has 0 unspecified atom stereocenters. The van der Waals surface area contributed by atoms with E-state index >= 15 is 0 Å². The Morgan fingerprint density at radius 3 is 2.14 bits per heavy atom. The van der Waals surface area contributed by atoms with Gasteiger partial charge in [-0.15, -0.1) is 0 Å². The Morgan fingerprint density at radius 2 is 1.57 bits per heavy atom. The summed E-state index contributed by atoms with van der Waals surface area (Å²) in [6.45, 7) is 3.32. The van der Waals surface area contributed by atoms with Gasteiger partial charge in [0.1, 0.15) is 5.82 Å². The standard InChI is InChI=1S/C20H24FN3O3S/c1-16(20(25)22(2)18-6-4-3-5-7-18)23-12-14-24(15-13-23)28(26,27)19-10-8-17(21)9-11-19/h3-11,16H,12-15H2,1-2H3/t16-/m0/s1. The fourth-order valence-electron chi connectivity index (χ4n) is 3.30. The maximum atomic E-state index is 13.1. The molecule has 150 valence electrons. The second-order valence-electron chi connectivity index (χ2n) is 6.80. The highest BCUT2D eigenvalue weighted by Gasteiger charge is 2.32. The molecule has 1 heterocycles. The normalized spacial score (nSPS) is 17.2. The number of rotatable bonds is 5. The number of nitrogens with zero attached hydrogens (tertiary/aromatic N) is 3. The number of piperazine rings is 1. The molecule has 1 saturated heterocycles. The first kappa shape index (κ1) is 20.4. The van der Waals surface area contributed by atoms with Gasteiger partial charge in [0.25, 0.3) is 0 Å². The largest absolute Gasteiger partial charge is 0.314 e. The molecule has 0 aromatic heterocycles. The van der Waals surface area contributed by atoms with Crippen LogP contribution in [0.3, 0.4) is 0 Å². The Hall–Kier alpha value is -2.29. The summed E-state index contributed by atoms with van der Waals surface area (Å²) in [6.07, 6.45) is 0. The maximum absolute atomic E-state index is 13.1. The minimum Gasteiger partial charge on any atom is -0.314 e. The van der Waals surface area contributed by atoms with E-state index in [-0.39, 0.29) is 29.9 Å². The molecule has 3 rings (SSSR count). The van der Waals surface area contributed by atoms with Gasteiger partial charge in [-0.2, -0.15) is 4.31 Å². The number of likely N-dealkylation sites (N-methyl/N-ethyl adjacent to an activating group) is 1. The fraction of sp³-hybridized carbons (Fsp3) is 0.350. The molecule has 6 nitrogen and oxygen atoms in total. The zero-order chi connectivity index (χ0) is 20.3. The van der Waals surface area contributed by atoms with Crippen molar-refractivity contribution in [2.75, 3.05) is 38.1 Å². The van der Waals surface area contributed by atoms with E-state index in [1.807, 2.05) is 42.2 Å². The predicted molar refractivity (Wildman–Crippen MR) is 106 cm³/mol. The van der Waals surface area contributed by atoms with Crippen LogP contribution in [-0.4, -0.2) is 62.8 Å². The second-order valence-corrected chi connectivity index (χ2v) is 8.74. The average Bonchev–Trinajstić information content (AvgIpc) is 2.73. The van der Waals surface area contributed by atoms with Gasteiger partial charge < -0.3 is 4.90 Å². The van der Waals surface area contributed by atoms with Crippen molar-refractivity contribution < 1.29 is 17.6 Å². The van der Waals surface area contributed by atoms with E-state index in [1.54, 1.807) is 11.9 Å². The van der Waals surface area contributed by atoms with Crippen LogP contribution < -0.4 is 4.90 Å². The van der Waals surface area contributed by atoms with Crippen LogP contribution >= 0.6 is 0 Å². The quantitative estimate of drug-likeness (QED) is 0.765. The van der Waals surface area contributed by atoms with E-state index in [2.05, 4.69) is 0 Å². The van der Waals surface area contributed by atoms with Crippen molar-refractivity contribution >= 4 is 21.6 Å². The number of para-hydroxylation sites is 1. The van der Waals surface area contributed by atoms with Gasteiger partial charge in [-0.25, -0.2) is 12.8 Å². The van der Waals surface area contributed by atoms with Gasteiger partial charge in [-0.1, -0.05) is 18.2 Å². The topological polar surface area (TPSA) is 60.9 Å². The number of carbonyl (C=O) groups is 1. The number of sulfonamides is 1. The second kappa shape index (κ2) is 8.38. The maximum Gasteiger partial charge on any atom is 0.243 e. The molecule has 0 radical (unpaired) electrons. The molecular weight excluding hydrogens is 381 g/mol. The smallest absolute Gasteiger partial charge is 0.243 e. The molecule has 1 atom stereocenters. The van der Waals surface area contributed by atoms with Gasteiger partial charge in [0.05, 0.1) is 10.9 Å². The molecule has 0 N–H and O–H groups in total. The summed E-state index contributed by atoms with van der Waals surface area (Å²) in [6, 6.07) is 13.9. The minimum atomic E-state index is -3.66. The Balaban J connectivity index is 1.63. The van der Waals surface area contributed by atoms with Crippen LogP contribution in [-0.2, 0) is 14.8 Å². The summed E-state index contributed by atoms with van der Waals surface area (Å²) >= 11 is 0. The Morgan fingerprint density at radius 1 is 1.00 bits per heavy atom. The Bertz CT molecular complexity index is 911. The Kier molecular flexibility index (Phi) is 6.12. The summed E-state index contributed by atoms with van der Waals surface area (Å²) in [5.41, 5.74) is 0.817. The van der Waals surface area contributed by atoms with Crippen LogP contribution in [0, 0.1) is 5.82 Å². The SMILES string of the molecule is C[C@@H](C(=O)N(C)c1ccccc1)N1CCN(S(=O)(=O)c2ccc(F)cc2)CC1. The van der Waals surface area contributed by atoms with E-state index in [4.69, 9.17) is 0 Å². The fourth-order valence-corrected chi connectivity index (χ4v) is 4.72. The van der Waals surface area contributed by atoms with Crippen molar-refractivity contribution in [2.45, 2.75) is 17.9 Å². The molecular formula is C20H24FN3O3S. The predicted octanol–water partition coefficient (Wildman–Crippen LogP) is 2.18. The first-order valence-corrected chi connectivity index (χ1v) is 10.6. The summed E-state index contributed by atoms with van der Waals surface area (Å²) < 4.78 is 39.9. The van der Waals surface area contributed by atoms with Crippen molar-refractivity contribution in [1.82, 2.24) is 9.21 Å². The van der Waals surface area contributed by atoms with Crippen LogP contribution in [0.25, 0.3) is 0 Å². The number of carbonyl (C=O) groups excluding carboxylic acids is 1. The van der Waals surface area contributed by atoms with Gasteiger partial charge >= 0.3 is 0 Å². The highest BCUT2D eigenvalue weighted by molar-refractivity contribution is 7.89. The molecule has 1 fully saturated rings. The Labute approximate surface area is 165 Å². The van der Waals surface area contributed by atoms with Crippen LogP contribution in [0.1, 0.15) is 6.92 Å². The lowest BCUT2D eigenvalue weighted by atomic mass is 10.2. The average molecular weight is 405 g/mol. The number of benzene rings is 2. The third-order valence-corrected chi connectivity index (χ3v) is 7.02. The molecule has 2 aromatic rings. The third-order valence-electron chi connectivity index (χ3n) is 5.10. The van der Waals surface area contributed by atoms with Gasteiger partial charge in [0, 0.05) is 38.9 Å². The first-order chi connectivity index (χ1) is 13.3. The van der Waals surface area contributed by atoms with Crippen molar-refractivity contribution in [1.29, 1.82) is 0 Å². The number of amides is 1. The summed E-state index contributed by atoms with van der Waals surface area (Å²) in [7, 11) is -1.92. The van der Waals surface area contributed by atoms with Crippen LogP contribution in [0.5, 0.6) is 0 Å². The number of hydrogen-bond donors (Lipinski definition) is 0. The number of halogens is 1. The van der Waals surface area contributed by atoms with Crippen molar-refractivity contribution in [2.24, 2.45) is 0 Å². The van der Waals surface area contributed by atoms with Crippen molar-refractivity contribution in [3.63, 3.8) is 0 Å². The van der Waals surface area contributed by atoms with Gasteiger partial charge in [0.15, 0.2) is 0 Å². The zero-order valence-corrected chi connectivity index (χ0v) is 16.8. The molecule has 0 spiro atoms. The van der Waals surface area contributed by atoms with Gasteiger partial charge in [-0.05, 0) is 43.3 Å². The molecule has 0 aliphatic carbocycles. The monoisotopic (exact) mass is 405 g/mol. The number of anilines is 1. The lowest BCUT2D eigenvalue weighted by Crippen LogP contribution is -2.55. The lowest BCUT2D eigenvalue weighted by Gasteiger charge is -2.37. The first-order valence-electron chi connectivity index (χ1n) is 9.13. The summed E-state index contributed by atoms with van der Waals surface area (Å²) in [5.74, 6) is -0.514. The van der Waals surface area contributed by atoms with Gasteiger partial charge in [-0.3, -0.25) is 9.69 Å². The van der Waals surface area contributed by atoms with Crippen molar-refractivity contribution in [3.8, 4) is 0 Å². The molecule has 1 aliphatic rings. The minimum absolute atomic E-state index is 0.0407. The van der Waals surface area contributed by atoms with E-state index in [0.29, 0.717) is 13.1 Å². The van der Waals surface area contributed by atoms with Crippen LogP contribution in [0.2, 0.25) is 0 Å². The van der Waals surface area contributed by atoms with E-state index in [9.17, 15) is 17.6 Å². The summed E-state index contributed by atoms with van der Waals surface area (Å²) in [4.78, 5) is 16.5. The molecule has 2 aromatic carbocycles. The molecule has 8 heteroatoms. The van der Waals surface area contributed by atoms with E-state index in [1.165, 1.54) is 16.4 Å². The lowest BCUT2D eigenvalue weighted by molar-refractivity contribution is -0.123. The molecule has 0 saturated carbocycles. The van der Waals surface area contributed by atoms with Crippen LogP contribution in [0.15, 0.2) is 59.5 Å². The van der Waals surface area contributed by atoms with Crippen molar-refractivity contribution in [3.05, 3.63) is 60.4 Å². The molecule has 1 aliphatic heterocycles. The third kappa shape index (κ3) is 4.24. The van der Waals surface area contributed by atoms with Gasteiger partial charge in [0.2, 0.25) is 15.9 Å². The zero-order valence-electron chi connectivity index (χ0n) is 16.0. The molecule has 28 heavy (non-hydrogen) atoms. The highest BCUT2D eigenvalue weighted by Crippen LogP contribution is 2.20. The molecule has 1 amide bonds. The van der Waals surface area contributed by atoms with E-state index < -0.39 is 15.8 Å². The highest BCUT2D eigenvalue weighted by atomic mass is 32.2. The van der Waals surface area contributed by atoms with E-state index in [0.717, 1.165) is 17.8 Å². The number of hydrogen-bond acceptors (Lipinski definition) is 4. The van der Waals surface area contributed by atoms with Crippen LogP contribution in [0.4, 0.5) is 10.1 Å². The summed E-state index contributed by atoms with van der Waals surface area (Å²) in [5, 5.41) is 0. The molecule has 0 bridgehead atoms.